The summed E-state index contributed by atoms with van der Waals surface area (Å²) >= 11 is 0. The molecule has 0 aromatic carbocycles. The van der Waals surface area contributed by atoms with E-state index in [-0.39, 0.29) is 5.91 Å². The molecule has 0 spiro atoms. The van der Waals surface area contributed by atoms with Gasteiger partial charge in [0.25, 0.3) is 5.91 Å². The van der Waals surface area contributed by atoms with Crippen LogP contribution in [0.5, 0.6) is 0 Å². The van der Waals surface area contributed by atoms with E-state index in [2.05, 4.69) is 36.1 Å². The highest BCUT2D eigenvalue weighted by Crippen LogP contribution is 2.06. The van der Waals surface area contributed by atoms with Crippen LogP contribution in [0.25, 0.3) is 0 Å². The van der Waals surface area contributed by atoms with Crippen LogP contribution in [0.1, 0.15) is 50.5 Å². The molecule has 0 aliphatic rings. The summed E-state index contributed by atoms with van der Waals surface area (Å²) in [5, 5.41) is 3.18. The number of carbonyl (C=O) groups is 1. The van der Waals surface area contributed by atoms with Gasteiger partial charge in [-0.15, -0.1) is 0 Å². The maximum Gasteiger partial charge on any atom is 0.272 e. The fourth-order valence-electron chi connectivity index (χ4n) is 1.56. The van der Waals surface area contributed by atoms with Crippen LogP contribution >= 0.6 is 0 Å². The van der Waals surface area contributed by atoms with E-state index in [1.807, 2.05) is 7.05 Å². The molecule has 1 heterocycles. The van der Waals surface area contributed by atoms with Gasteiger partial charge in [-0.1, -0.05) is 20.3 Å². The van der Waals surface area contributed by atoms with Gasteiger partial charge in [0.1, 0.15) is 5.69 Å². The van der Waals surface area contributed by atoms with Gasteiger partial charge in [-0.05, 0) is 25.8 Å². The first-order chi connectivity index (χ1) is 9.08. The van der Waals surface area contributed by atoms with Crippen LogP contribution in [0.15, 0.2) is 12.3 Å². The molecule has 1 rings (SSSR count). The van der Waals surface area contributed by atoms with Crippen molar-refractivity contribution in [2.75, 3.05) is 18.9 Å². The summed E-state index contributed by atoms with van der Waals surface area (Å²) in [4.78, 5) is 22.3. The monoisotopic (exact) mass is 264 g/mol. The Balaban J connectivity index is 2.72. The Kier molecular flexibility index (Phi) is 6.25. The Labute approximate surface area is 115 Å². The van der Waals surface area contributed by atoms with Gasteiger partial charge in [-0.3, -0.25) is 4.79 Å². The molecule has 0 aliphatic carbocycles. The minimum absolute atomic E-state index is 0.0527. The summed E-state index contributed by atoms with van der Waals surface area (Å²) < 4.78 is 0. The van der Waals surface area contributed by atoms with Crippen molar-refractivity contribution in [2.45, 2.75) is 46.1 Å². The third-order valence-corrected chi connectivity index (χ3v) is 3.06. The van der Waals surface area contributed by atoms with Crippen LogP contribution in [0, 0.1) is 0 Å². The molecule has 1 aromatic heterocycles. The zero-order valence-corrected chi connectivity index (χ0v) is 12.3. The molecule has 0 bridgehead atoms. The molecule has 19 heavy (non-hydrogen) atoms. The zero-order chi connectivity index (χ0) is 14.3. The summed E-state index contributed by atoms with van der Waals surface area (Å²) in [5.74, 6) is 0.465. The molecule has 1 unspecified atom stereocenters. The second-order valence-electron chi connectivity index (χ2n) is 4.80. The van der Waals surface area contributed by atoms with Crippen LogP contribution in [-0.4, -0.2) is 40.4 Å². The lowest BCUT2D eigenvalue weighted by atomic mass is 10.3. The molecule has 5 nitrogen and oxygen atoms in total. The molecule has 1 N–H and O–H groups in total. The highest BCUT2D eigenvalue weighted by Gasteiger charge is 2.13. The van der Waals surface area contributed by atoms with E-state index in [0.29, 0.717) is 17.7 Å². The number of anilines is 1. The molecular formula is C14H24N4O. The first-order valence-corrected chi connectivity index (χ1v) is 6.93. The first kappa shape index (κ1) is 15.4. The van der Waals surface area contributed by atoms with Gasteiger partial charge in [-0.25, -0.2) is 9.97 Å². The lowest BCUT2D eigenvalue weighted by Crippen LogP contribution is -2.29. The standard InChI is InChI=1S/C14H24N4O/c1-5-7-10-18(4)13(19)12-8-9-15-14(17-12)16-11(3)6-2/h8-9,11H,5-7,10H2,1-4H3,(H,15,16,17). The molecule has 5 heteroatoms. The van der Waals surface area contributed by atoms with Crippen molar-refractivity contribution < 1.29 is 4.79 Å². The molecule has 0 radical (unpaired) electrons. The molecule has 0 aliphatic heterocycles. The SMILES string of the molecule is CCCCN(C)C(=O)c1ccnc(NC(C)CC)n1. The highest BCUT2D eigenvalue weighted by molar-refractivity contribution is 5.92. The van der Waals surface area contributed by atoms with Crippen molar-refractivity contribution in [3.05, 3.63) is 18.0 Å². The number of carbonyl (C=O) groups excluding carboxylic acids is 1. The predicted molar refractivity (Wildman–Crippen MR) is 77.3 cm³/mol. The Bertz CT molecular complexity index is 408. The fraction of sp³-hybridized carbons (Fsp3) is 0.643. The molecule has 106 valence electrons. The maximum atomic E-state index is 12.2. The number of hydrogen-bond acceptors (Lipinski definition) is 4. The summed E-state index contributed by atoms with van der Waals surface area (Å²) in [6, 6.07) is 1.95. The number of unbranched alkanes of at least 4 members (excludes halogenated alkanes) is 1. The summed E-state index contributed by atoms with van der Waals surface area (Å²) in [7, 11) is 1.81. The average molecular weight is 264 g/mol. The van der Waals surface area contributed by atoms with Gasteiger partial charge in [0.2, 0.25) is 5.95 Å². The number of hydrogen-bond donors (Lipinski definition) is 1. The topological polar surface area (TPSA) is 58.1 Å². The van der Waals surface area contributed by atoms with Crippen LogP contribution in [0.3, 0.4) is 0 Å². The van der Waals surface area contributed by atoms with E-state index in [9.17, 15) is 4.79 Å². The van der Waals surface area contributed by atoms with E-state index < -0.39 is 0 Å². The Hall–Kier alpha value is -1.65. The van der Waals surface area contributed by atoms with Gasteiger partial charge in [-0.2, -0.15) is 0 Å². The van der Waals surface area contributed by atoms with Crippen molar-refractivity contribution in [3.63, 3.8) is 0 Å². The molecular weight excluding hydrogens is 240 g/mol. The summed E-state index contributed by atoms with van der Waals surface area (Å²) in [6.45, 7) is 7.01. The third kappa shape index (κ3) is 4.85. The Morgan fingerprint density at radius 1 is 1.47 bits per heavy atom. The van der Waals surface area contributed by atoms with Gasteiger partial charge in [0.15, 0.2) is 0 Å². The molecule has 1 amide bonds. The smallest absolute Gasteiger partial charge is 0.272 e. The van der Waals surface area contributed by atoms with E-state index in [1.54, 1.807) is 17.2 Å². The largest absolute Gasteiger partial charge is 0.352 e. The average Bonchev–Trinajstić information content (AvgIpc) is 2.44. The lowest BCUT2D eigenvalue weighted by Gasteiger charge is -2.17. The van der Waals surface area contributed by atoms with Crippen molar-refractivity contribution >= 4 is 11.9 Å². The molecule has 1 atom stereocenters. The second-order valence-corrected chi connectivity index (χ2v) is 4.80. The lowest BCUT2D eigenvalue weighted by molar-refractivity contribution is 0.0787. The number of nitrogens with one attached hydrogen (secondary N) is 1. The number of nitrogens with zero attached hydrogens (tertiary/aromatic N) is 3. The van der Waals surface area contributed by atoms with Crippen molar-refractivity contribution in [1.82, 2.24) is 14.9 Å². The van der Waals surface area contributed by atoms with Crippen molar-refractivity contribution in [1.29, 1.82) is 0 Å². The van der Waals surface area contributed by atoms with Crippen LogP contribution in [0.4, 0.5) is 5.95 Å². The zero-order valence-electron chi connectivity index (χ0n) is 12.3. The number of aromatic nitrogens is 2. The van der Waals surface area contributed by atoms with Gasteiger partial charge < -0.3 is 10.2 Å². The van der Waals surface area contributed by atoms with E-state index in [1.165, 1.54) is 0 Å². The Morgan fingerprint density at radius 2 is 2.21 bits per heavy atom. The highest BCUT2D eigenvalue weighted by atomic mass is 16.2. The van der Waals surface area contributed by atoms with Crippen molar-refractivity contribution in [2.24, 2.45) is 0 Å². The molecule has 0 fully saturated rings. The van der Waals surface area contributed by atoms with E-state index in [0.717, 1.165) is 25.8 Å². The fourth-order valence-corrected chi connectivity index (χ4v) is 1.56. The molecule has 0 saturated carbocycles. The van der Waals surface area contributed by atoms with Gasteiger partial charge >= 0.3 is 0 Å². The van der Waals surface area contributed by atoms with Crippen LogP contribution in [-0.2, 0) is 0 Å². The number of amides is 1. The van der Waals surface area contributed by atoms with Crippen LogP contribution in [0.2, 0.25) is 0 Å². The predicted octanol–water partition coefficient (Wildman–Crippen LogP) is 2.56. The molecule has 0 saturated heterocycles. The van der Waals surface area contributed by atoms with Crippen LogP contribution < -0.4 is 5.32 Å². The number of rotatable bonds is 7. The summed E-state index contributed by atoms with van der Waals surface area (Å²) in [6.07, 6.45) is 4.68. The molecule has 1 aromatic rings. The summed E-state index contributed by atoms with van der Waals surface area (Å²) in [5.41, 5.74) is 0.444. The normalized spacial score (nSPS) is 12.0. The maximum absolute atomic E-state index is 12.2. The Morgan fingerprint density at radius 3 is 2.84 bits per heavy atom. The first-order valence-electron chi connectivity index (χ1n) is 6.93. The van der Waals surface area contributed by atoms with E-state index >= 15 is 0 Å². The van der Waals surface area contributed by atoms with Gasteiger partial charge in [0.05, 0.1) is 0 Å². The minimum atomic E-state index is -0.0527. The quantitative estimate of drug-likeness (QED) is 0.822. The van der Waals surface area contributed by atoms with Crippen molar-refractivity contribution in [3.8, 4) is 0 Å². The minimum Gasteiger partial charge on any atom is -0.352 e. The second kappa shape index (κ2) is 7.71. The van der Waals surface area contributed by atoms with Gasteiger partial charge in [0, 0.05) is 25.8 Å². The van der Waals surface area contributed by atoms with E-state index in [4.69, 9.17) is 0 Å². The third-order valence-electron chi connectivity index (χ3n) is 3.06.